The molecule has 1 aliphatic carbocycles. The quantitative estimate of drug-likeness (QED) is 0.621. The SMILES string of the molecule is O=S(=O)(c1ccc(Cl)cc1)N1C=CC2C=CC1C2Cl. The zero-order valence-electron chi connectivity index (χ0n) is 9.78. The molecule has 19 heavy (non-hydrogen) atoms. The summed E-state index contributed by atoms with van der Waals surface area (Å²) in [5, 5.41) is 0.260. The molecule has 1 aromatic carbocycles. The molecule has 0 aromatic heterocycles. The summed E-state index contributed by atoms with van der Waals surface area (Å²) < 4.78 is 26.5. The zero-order chi connectivity index (χ0) is 13.6. The Morgan fingerprint density at radius 3 is 2.42 bits per heavy atom. The first-order valence-corrected chi connectivity index (χ1v) is 8.05. The van der Waals surface area contributed by atoms with E-state index in [1.807, 2.05) is 18.2 Å². The molecule has 0 N–H and O–H groups in total. The van der Waals surface area contributed by atoms with Crippen LogP contribution < -0.4 is 0 Å². The minimum absolute atomic E-state index is 0.114. The molecule has 0 radical (unpaired) electrons. The summed E-state index contributed by atoms with van der Waals surface area (Å²) in [6.07, 6.45) is 7.19. The smallest absolute Gasteiger partial charge is 0.264 e. The Balaban J connectivity index is 2.02. The summed E-state index contributed by atoms with van der Waals surface area (Å²) in [6, 6.07) is 5.80. The van der Waals surface area contributed by atoms with E-state index in [1.165, 1.54) is 16.4 Å². The van der Waals surface area contributed by atoms with E-state index in [0.717, 1.165) is 0 Å². The van der Waals surface area contributed by atoms with E-state index < -0.39 is 10.0 Å². The molecule has 0 saturated carbocycles. The van der Waals surface area contributed by atoms with Crippen LogP contribution in [0.3, 0.4) is 0 Å². The molecule has 2 aliphatic rings. The van der Waals surface area contributed by atoms with Gasteiger partial charge in [-0.25, -0.2) is 8.42 Å². The van der Waals surface area contributed by atoms with E-state index in [0.29, 0.717) is 5.02 Å². The zero-order valence-corrected chi connectivity index (χ0v) is 12.1. The van der Waals surface area contributed by atoms with Crippen molar-refractivity contribution in [2.24, 2.45) is 5.92 Å². The summed E-state index contributed by atoms with van der Waals surface area (Å²) in [5.41, 5.74) is 0. The first-order valence-electron chi connectivity index (χ1n) is 5.80. The van der Waals surface area contributed by atoms with Crippen molar-refractivity contribution in [3.05, 3.63) is 53.7 Å². The van der Waals surface area contributed by atoms with Gasteiger partial charge in [0, 0.05) is 17.1 Å². The fourth-order valence-corrected chi connectivity index (χ4v) is 4.37. The van der Waals surface area contributed by atoms with Crippen LogP contribution in [-0.4, -0.2) is 24.1 Å². The Kier molecular flexibility index (Phi) is 3.12. The average molecular weight is 316 g/mol. The first kappa shape index (κ1) is 13.0. The molecule has 1 heterocycles. The van der Waals surface area contributed by atoms with Gasteiger partial charge >= 0.3 is 0 Å². The van der Waals surface area contributed by atoms with Gasteiger partial charge in [0.1, 0.15) is 0 Å². The summed E-state index contributed by atoms with van der Waals surface area (Å²) in [4.78, 5) is 0.212. The Morgan fingerprint density at radius 2 is 1.74 bits per heavy atom. The van der Waals surface area contributed by atoms with Crippen molar-refractivity contribution in [3.8, 4) is 0 Å². The van der Waals surface area contributed by atoms with Gasteiger partial charge in [0.15, 0.2) is 0 Å². The molecule has 0 fully saturated rings. The van der Waals surface area contributed by atoms with Crippen LogP contribution in [0.2, 0.25) is 5.02 Å². The predicted molar refractivity (Wildman–Crippen MR) is 75.7 cm³/mol. The lowest BCUT2D eigenvalue weighted by atomic mass is 10.1. The third-order valence-corrected chi connectivity index (χ3v) is 5.95. The maximum absolute atomic E-state index is 12.6. The van der Waals surface area contributed by atoms with Crippen molar-refractivity contribution in [2.45, 2.75) is 16.3 Å². The monoisotopic (exact) mass is 315 g/mol. The largest absolute Gasteiger partial charge is 0.265 e. The molecule has 1 aliphatic heterocycles. The number of halogens is 2. The normalized spacial score (nSPS) is 28.9. The molecule has 6 heteroatoms. The number of sulfonamides is 1. The molecule has 0 spiro atoms. The van der Waals surface area contributed by atoms with E-state index in [-0.39, 0.29) is 22.2 Å². The molecule has 1 aromatic rings. The molecule has 0 amide bonds. The van der Waals surface area contributed by atoms with Crippen LogP contribution in [0.4, 0.5) is 0 Å². The number of hydrogen-bond donors (Lipinski definition) is 0. The van der Waals surface area contributed by atoms with Gasteiger partial charge in [-0.2, -0.15) is 0 Å². The minimum Gasteiger partial charge on any atom is -0.265 e. The van der Waals surface area contributed by atoms with Gasteiger partial charge in [-0.05, 0) is 24.3 Å². The minimum atomic E-state index is -3.59. The lowest BCUT2D eigenvalue weighted by Crippen LogP contribution is -2.42. The summed E-state index contributed by atoms with van der Waals surface area (Å²) in [6.45, 7) is 0. The van der Waals surface area contributed by atoms with Crippen LogP contribution in [0, 0.1) is 5.92 Å². The van der Waals surface area contributed by atoms with E-state index in [4.69, 9.17) is 23.2 Å². The van der Waals surface area contributed by atoms with E-state index >= 15 is 0 Å². The molecular formula is C13H11Cl2NO2S. The predicted octanol–water partition coefficient (Wildman–Crippen LogP) is 3.02. The number of fused-ring (bicyclic) bond motifs is 2. The lowest BCUT2D eigenvalue weighted by molar-refractivity contribution is 0.415. The first-order chi connectivity index (χ1) is 9.00. The van der Waals surface area contributed by atoms with Crippen LogP contribution in [0.5, 0.6) is 0 Å². The highest BCUT2D eigenvalue weighted by Crippen LogP contribution is 2.36. The second-order valence-electron chi connectivity index (χ2n) is 4.53. The average Bonchev–Trinajstić information content (AvgIpc) is 2.63. The molecule has 3 rings (SSSR count). The van der Waals surface area contributed by atoms with Crippen LogP contribution in [0.15, 0.2) is 53.6 Å². The molecule has 0 saturated heterocycles. The van der Waals surface area contributed by atoms with Crippen molar-refractivity contribution in [1.29, 1.82) is 0 Å². The second kappa shape index (κ2) is 4.54. The van der Waals surface area contributed by atoms with Gasteiger partial charge in [-0.1, -0.05) is 29.8 Å². The maximum atomic E-state index is 12.6. The van der Waals surface area contributed by atoms with Gasteiger partial charge < -0.3 is 0 Å². The Labute approximate surface area is 122 Å². The lowest BCUT2D eigenvalue weighted by Gasteiger charge is -2.32. The number of nitrogens with zero attached hydrogens (tertiary/aromatic N) is 1. The molecule has 3 atom stereocenters. The van der Waals surface area contributed by atoms with Gasteiger partial charge in [-0.15, -0.1) is 11.6 Å². The molecule has 100 valence electrons. The number of rotatable bonds is 2. The van der Waals surface area contributed by atoms with Gasteiger partial charge in [-0.3, -0.25) is 4.31 Å². The highest BCUT2D eigenvalue weighted by atomic mass is 35.5. The highest BCUT2D eigenvalue weighted by molar-refractivity contribution is 7.89. The van der Waals surface area contributed by atoms with Crippen molar-refractivity contribution in [1.82, 2.24) is 4.31 Å². The highest BCUT2D eigenvalue weighted by Gasteiger charge is 2.40. The Bertz CT molecular complexity index is 652. The number of alkyl halides is 1. The Morgan fingerprint density at radius 1 is 1.05 bits per heavy atom. The van der Waals surface area contributed by atoms with Crippen LogP contribution in [-0.2, 0) is 10.0 Å². The van der Waals surface area contributed by atoms with Crippen molar-refractivity contribution in [2.75, 3.05) is 0 Å². The number of hydrogen-bond acceptors (Lipinski definition) is 2. The topological polar surface area (TPSA) is 37.4 Å². The number of allylic oxidation sites excluding steroid dienone is 2. The summed E-state index contributed by atoms with van der Waals surface area (Å²) in [5.74, 6) is 0.114. The second-order valence-corrected chi connectivity index (χ2v) is 7.31. The molecular weight excluding hydrogens is 305 g/mol. The van der Waals surface area contributed by atoms with E-state index in [2.05, 4.69) is 0 Å². The van der Waals surface area contributed by atoms with Crippen molar-refractivity contribution in [3.63, 3.8) is 0 Å². The standard InChI is InChI=1S/C13H11Cl2NO2S/c14-10-2-4-11(5-3-10)19(17,18)16-8-7-9-1-6-12(16)13(9)15/h1-9,12-13H. The van der Waals surface area contributed by atoms with E-state index in [9.17, 15) is 8.42 Å². The van der Waals surface area contributed by atoms with Gasteiger partial charge in [0.2, 0.25) is 0 Å². The fourth-order valence-electron chi connectivity index (χ4n) is 2.33. The van der Waals surface area contributed by atoms with Gasteiger partial charge in [0.05, 0.1) is 16.3 Å². The van der Waals surface area contributed by atoms with Crippen LogP contribution in [0.25, 0.3) is 0 Å². The van der Waals surface area contributed by atoms with Crippen molar-refractivity contribution < 1.29 is 8.42 Å². The molecule has 3 unspecified atom stereocenters. The fraction of sp³-hybridized carbons (Fsp3) is 0.231. The Hall–Kier alpha value is -0.970. The maximum Gasteiger partial charge on any atom is 0.264 e. The third kappa shape index (κ3) is 2.08. The third-order valence-electron chi connectivity index (χ3n) is 3.36. The van der Waals surface area contributed by atoms with Crippen LogP contribution >= 0.6 is 23.2 Å². The summed E-state index contributed by atoms with van der Waals surface area (Å²) in [7, 11) is -3.59. The van der Waals surface area contributed by atoms with Crippen LogP contribution in [0.1, 0.15) is 0 Å². The number of benzene rings is 1. The van der Waals surface area contributed by atoms with E-state index in [1.54, 1.807) is 18.3 Å². The summed E-state index contributed by atoms with van der Waals surface area (Å²) >= 11 is 12.0. The molecule has 2 bridgehead atoms. The molecule has 3 nitrogen and oxygen atoms in total. The van der Waals surface area contributed by atoms with Crippen molar-refractivity contribution >= 4 is 33.2 Å². The van der Waals surface area contributed by atoms with Gasteiger partial charge in [0.25, 0.3) is 10.0 Å².